The highest BCUT2D eigenvalue weighted by Crippen LogP contribution is 2.50. The molecule has 0 saturated carbocycles. The molecule has 0 amide bonds. The fourth-order valence-corrected chi connectivity index (χ4v) is 11.3. The molecule has 0 spiro atoms. The maximum Gasteiger partial charge on any atom is 0.167 e. The number of furan rings is 1. The van der Waals surface area contributed by atoms with E-state index < -0.39 is 0 Å². The van der Waals surface area contributed by atoms with Crippen LogP contribution in [0.4, 0.5) is 0 Å². The van der Waals surface area contributed by atoms with Crippen LogP contribution in [0.1, 0.15) is 5.56 Å². The zero-order valence-electron chi connectivity index (χ0n) is 38.4. The number of benzene rings is 10. The first kappa shape index (κ1) is 39.9. The summed E-state index contributed by atoms with van der Waals surface area (Å²) in [7, 11) is 0. The van der Waals surface area contributed by atoms with E-state index in [9.17, 15) is 5.26 Å². The van der Waals surface area contributed by atoms with E-state index in [0.29, 0.717) is 45.2 Å². The SMILES string of the molecule is N#Cc1c(-n2c3ccccc3c3ccccc32)c(-n2c3ccccc3c3ccccc32)c(-n2c3ccccc3c3ccccc32)c2oc3c(-c4nc(-c5ccccc5)nc(-c5ccccc5)n4)cccc3c12. The van der Waals surface area contributed by atoms with Crippen LogP contribution in [0, 0.1) is 11.3 Å². The fraction of sp³-hybridized carbons (Fsp3) is 0. The molecule has 0 N–H and O–H groups in total. The highest BCUT2D eigenvalue weighted by atomic mass is 16.3. The predicted molar refractivity (Wildman–Crippen MR) is 291 cm³/mol. The zero-order valence-corrected chi connectivity index (χ0v) is 38.4. The fourth-order valence-electron chi connectivity index (χ4n) is 11.3. The van der Waals surface area contributed by atoms with E-state index in [1.807, 2.05) is 72.8 Å². The van der Waals surface area contributed by atoms with Crippen molar-refractivity contribution >= 4 is 87.4 Å². The van der Waals surface area contributed by atoms with Crippen molar-refractivity contribution in [2.75, 3.05) is 0 Å². The number of aromatic nitrogens is 6. The third kappa shape index (κ3) is 5.64. The Bertz CT molecular complexity index is 4550. The largest absolute Gasteiger partial charge is 0.453 e. The van der Waals surface area contributed by atoms with Crippen molar-refractivity contribution in [1.29, 1.82) is 5.26 Å². The molecule has 15 aromatic rings. The van der Waals surface area contributed by atoms with Crippen molar-refractivity contribution in [3.05, 3.63) is 230 Å². The van der Waals surface area contributed by atoms with Gasteiger partial charge in [0.2, 0.25) is 0 Å². The first-order chi connectivity index (χ1) is 35.7. The van der Waals surface area contributed by atoms with Gasteiger partial charge in [-0.1, -0.05) is 182 Å². The van der Waals surface area contributed by atoms with Crippen LogP contribution < -0.4 is 0 Å². The second-order valence-corrected chi connectivity index (χ2v) is 18.2. The Morgan fingerprint density at radius 3 is 1.08 bits per heavy atom. The summed E-state index contributed by atoms with van der Waals surface area (Å²) in [5, 5.41) is 20.2. The second kappa shape index (κ2) is 15.5. The Hall–Kier alpha value is -10.1. The molecule has 8 nitrogen and oxygen atoms in total. The standard InChI is InChI=1S/C64H37N7O/c65-38-49-56-47-30-19-31-48(64-67-62(39-20-3-1-4-21-39)66-63(68-64)40-22-5-2-6-23-40)60(47)72-61(56)59(71-54-36-17-11-28-45(54)46-29-12-18-37-55(46)71)58(70-52-34-15-9-26-43(52)44-27-10-16-35-53(44)70)57(49)69-50-32-13-7-24-41(50)42-25-8-14-33-51(42)69/h1-37H. The van der Waals surface area contributed by atoms with Crippen LogP contribution in [0.5, 0.6) is 0 Å². The van der Waals surface area contributed by atoms with Crippen LogP contribution in [-0.2, 0) is 0 Å². The first-order valence-corrected chi connectivity index (χ1v) is 24.0. The molecule has 0 aliphatic carbocycles. The van der Waals surface area contributed by atoms with Crippen LogP contribution >= 0.6 is 0 Å². The summed E-state index contributed by atoms with van der Waals surface area (Å²) in [5.41, 5.74) is 12.3. The molecule has 0 fully saturated rings. The van der Waals surface area contributed by atoms with Crippen LogP contribution in [0.3, 0.4) is 0 Å². The van der Waals surface area contributed by atoms with Gasteiger partial charge in [-0.15, -0.1) is 0 Å². The summed E-state index contributed by atoms with van der Waals surface area (Å²) in [6.07, 6.45) is 0. The molecular formula is C64H37N7O. The van der Waals surface area contributed by atoms with E-state index in [-0.39, 0.29) is 0 Å². The Kier molecular flexibility index (Phi) is 8.55. The number of rotatable bonds is 6. The van der Waals surface area contributed by atoms with E-state index in [1.54, 1.807) is 0 Å². The average Bonchev–Trinajstić information content (AvgIpc) is 4.20. The lowest BCUT2D eigenvalue weighted by molar-refractivity contribution is 0.666. The van der Waals surface area contributed by atoms with E-state index in [2.05, 4.69) is 171 Å². The van der Waals surface area contributed by atoms with Crippen molar-refractivity contribution in [3.63, 3.8) is 0 Å². The molecule has 10 aromatic carbocycles. The van der Waals surface area contributed by atoms with Gasteiger partial charge in [-0.3, -0.25) is 0 Å². The predicted octanol–water partition coefficient (Wildman–Crippen LogP) is 15.9. The molecule has 0 unspecified atom stereocenters. The van der Waals surface area contributed by atoms with Crippen LogP contribution in [0.15, 0.2) is 229 Å². The molecule has 0 saturated heterocycles. The lowest BCUT2D eigenvalue weighted by Crippen LogP contribution is -2.12. The van der Waals surface area contributed by atoms with Gasteiger partial charge in [0.25, 0.3) is 0 Å². The molecule has 5 aromatic heterocycles. The van der Waals surface area contributed by atoms with E-state index in [1.165, 1.54) is 0 Å². The smallest absolute Gasteiger partial charge is 0.167 e. The van der Waals surface area contributed by atoms with Crippen LogP contribution in [0.25, 0.3) is 139 Å². The highest BCUT2D eigenvalue weighted by molar-refractivity contribution is 6.21. The van der Waals surface area contributed by atoms with Gasteiger partial charge in [0, 0.05) is 48.8 Å². The quantitative estimate of drug-likeness (QED) is 0.166. The van der Waals surface area contributed by atoms with Gasteiger partial charge in [-0.05, 0) is 42.5 Å². The minimum absolute atomic E-state index is 0.453. The number of hydrogen-bond acceptors (Lipinski definition) is 5. The van der Waals surface area contributed by atoms with E-state index in [0.717, 1.165) is 99.0 Å². The number of fused-ring (bicyclic) bond motifs is 12. The molecule has 0 bridgehead atoms. The van der Waals surface area contributed by atoms with E-state index in [4.69, 9.17) is 19.4 Å². The third-order valence-electron chi connectivity index (χ3n) is 14.3. The van der Waals surface area contributed by atoms with Crippen molar-refractivity contribution in [3.8, 4) is 57.3 Å². The van der Waals surface area contributed by atoms with Crippen molar-refractivity contribution in [2.24, 2.45) is 0 Å². The summed E-state index contributed by atoms with van der Waals surface area (Å²) >= 11 is 0. The third-order valence-corrected chi connectivity index (χ3v) is 14.3. The summed E-state index contributed by atoms with van der Waals surface area (Å²) in [6, 6.07) is 80.2. The molecule has 0 atom stereocenters. The minimum Gasteiger partial charge on any atom is -0.453 e. The lowest BCUT2D eigenvalue weighted by atomic mass is 9.99. The van der Waals surface area contributed by atoms with Gasteiger partial charge in [0.15, 0.2) is 23.1 Å². The number of hydrogen-bond donors (Lipinski definition) is 0. The Balaban J connectivity index is 1.20. The minimum atomic E-state index is 0.453. The summed E-state index contributed by atoms with van der Waals surface area (Å²) < 4.78 is 14.7. The molecule has 0 aliphatic rings. The molecule has 15 rings (SSSR count). The lowest BCUT2D eigenvalue weighted by Gasteiger charge is -2.23. The van der Waals surface area contributed by atoms with Crippen LogP contribution in [0.2, 0.25) is 0 Å². The van der Waals surface area contributed by atoms with Gasteiger partial charge in [-0.2, -0.15) is 5.26 Å². The van der Waals surface area contributed by atoms with Crippen LogP contribution in [-0.4, -0.2) is 28.7 Å². The van der Waals surface area contributed by atoms with E-state index >= 15 is 0 Å². The monoisotopic (exact) mass is 919 g/mol. The molecule has 72 heavy (non-hydrogen) atoms. The van der Waals surface area contributed by atoms with Gasteiger partial charge in [0.1, 0.15) is 17.3 Å². The van der Waals surface area contributed by atoms with Gasteiger partial charge in [0.05, 0.1) is 61.0 Å². The molecule has 0 aliphatic heterocycles. The highest BCUT2D eigenvalue weighted by Gasteiger charge is 2.33. The Morgan fingerprint density at radius 1 is 0.319 bits per heavy atom. The van der Waals surface area contributed by atoms with Gasteiger partial charge in [-0.25, -0.2) is 15.0 Å². The average molecular weight is 920 g/mol. The molecule has 8 heteroatoms. The first-order valence-electron chi connectivity index (χ1n) is 24.0. The molecule has 0 radical (unpaired) electrons. The maximum absolute atomic E-state index is 12.2. The molecular weight excluding hydrogens is 883 g/mol. The van der Waals surface area contributed by atoms with Crippen molar-refractivity contribution < 1.29 is 4.42 Å². The van der Waals surface area contributed by atoms with Crippen molar-refractivity contribution in [1.82, 2.24) is 28.7 Å². The number of para-hydroxylation sites is 7. The van der Waals surface area contributed by atoms with Crippen molar-refractivity contribution in [2.45, 2.75) is 0 Å². The Labute approximate surface area is 411 Å². The van der Waals surface area contributed by atoms with Gasteiger partial charge >= 0.3 is 0 Å². The topological polar surface area (TPSA) is 90.4 Å². The zero-order chi connectivity index (χ0) is 47.4. The van der Waals surface area contributed by atoms with Gasteiger partial charge < -0.3 is 18.1 Å². The molecule has 334 valence electrons. The number of nitrogens with zero attached hydrogens (tertiary/aromatic N) is 7. The maximum atomic E-state index is 12.2. The summed E-state index contributed by atoms with van der Waals surface area (Å²) in [6.45, 7) is 0. The summed E-state index contributed by atoms with van der Waals surface area (Å²) in [5.74, 6) is 1.53. The normalized spacial score (nSPS) is 11.9. The number of nitriles is 1. The Morgan fingerprint density at radius 2 is 0.667 bits per heavy atom. The molecule has 5 heterocycles. The summed E-state index contributed by atoms with van der Waals surface area (Å²) in [4.78, 5) is 15.4. The second-order valence-electron chi connectivity index (χ2n) is 18.2.